The highest BCUT2D eigenvalue weighted by Gasteiger charge is 2.38. The summed E-state index contributed by atoms with van der Waals surface area (Å²) in [4.78, 5) is 4.18. The first-order valence-electron chi connectivity index (χ1n) is 7.26. The van der Waals surface area contributed by atoms with Crippen molar-refractivity contribution in [3.05, 3.63) is 36.7 Å². The number of ether oxygens (including phenoxy) is 1. The third-order valence-corrected chi connectivity index (χ3v) is 4.43. The van der Waals surface area contributed by atoms with Gasteiger partial charge in [0.1, 0.15) is 12.0 Å². The maximum absolute atomic E-state index is 6.15. The van der Waals surface area contributed by atoms with Crippen LogP contribution in [0.1, 0.15) is 12.8 Å². The number of oxazole rings is 1. The van der Waals surface area contributed by atoms with E-state index in [1.807, 2.05) is 24.3 Å². The summed E-state index contributed by atoms with van der Waals surface area (Å²) >= 11 is 0. The van der Waals surface area contributed by atoms with Crippen molar-refractivity contribution in [1.82, 2.24) is 10.3 Å². The van der Waals surface area contributed by atoms with Crippen LogP contribution in [0, 0.1) is 11.8 Å². The van der Waals surface area contributed by atoms with Crippen LogP contribution in [0.2, 0.25) is 0 Å². The first-order chi connectivity index (χ1) is 9.88. The van der Waals surface area contributed by atoms with Crippen LogP contribution in [-0.4, -0.2) is 24.2 Å². The molecule has 104 valence electrons. The summed E-state index contributed by atoms with van der Waals surface area (Å²) < 4.78 is 11.5. The molecule has 2 aliphatic rings. The Bertz CT molecular complexity index is 570. The van der Waals surface area contributed by atoms with E-state index < -0.39 is 0 Å². The predicted molar refractivity (Wildman–Crippen MR) is 75.4 cm³/mol. The minimum atomic E-state index is 0.354. The third-order valence-electron chi connectivity index (χ3n) is 4.43. The molecule has 4 heteroatoms. The number of nitrogens with one attached hydrogen (secondary N) is 1. The zero-order valence-electron chi connectivity index (χ0n) is 11.3. The lowest BCUT2D eigenvalue weighted by Gasteiger charge is -2.15. The van der Waals surface area contributed by atoms with Crippen molar-refractivity contribution < 1.29 is 9.15 Å². The van der Waals surface area contributed by atoms with Crippen LogP contribution >= 0.6 is 0 Å². The van der Waals surface area contributed by atoms with Crippen LogP contribution < -0.4 is 10.1 Å². The maximum Gasteiger partial charge on any atom is 0.225 e. The van der Waals surface area contributed by atoms with E-state index >= 15 is 0 Å². The summed E-state index contributed by atoms with van der Waals surface area (Å²) in [5, 5.41) is 3.46. The van der Waals surface area contributed by atoms with Crippen LogP contribution in [0.3, 0.4) is 0 Å². The topological polar surface area (TPSA) is 47.3 Å². The molecular weight excluding hydrogens is 252 g/mol. The standard InChI is InChI=1S/C16H18N2O2/c1-2-11(16-18-4-5-19-16)6-14(3-1)20-15-7-12-9-17-10-13(12)8-15/h1-6,12-13,15,17H,7-10H2/t12-,13+,15?. The van der Waals surface area contributed by atoms with E-state index in [4.69, 9.17) is 9.15 Å². The van der Waals surface area contributed by atoms with Crippen LogP contribution in [-0.2, 0) is 0 Å². The Labute approximate surface area is 118 Å². The van der Waals surface area contributed by atoms with Crippen molar-refractivity contribution in [1.29, 1.82) is 0 Å². The zero-order valence-corrected chi connectivity index (χ0v) is 11.3. The Morgan fingerprint density at radius 1 is 1.20 bits per heavy atom. The molecule has 0 bridgehead atoms. The first kappa shape index (κ1) is 12.0. The monoisotopic (exact) mass is 270 g/mol. The average molecular weight is 270 g/mol. The van der Waals surface area contributed by atoms with E-state index in [0.29, 0.717) is 12.0 Å². The maximum atomic E-state index is 6.15. The Balaban J connectivity index is 1.48. The molecule has 1 saturated heterocycles. The number of rotatable bonds is 3. The molecule has 2 aromatic rings. The molecule has 3 atom stereocenters. The fourth-order valence-electron chi connectivity index (χ4n) is 3.47. The average Bonchev–Trinajstić information content (AvgIpc) is 3.15. The van der Waals surface area contributed by atoms with Crippen molar-refractivity contribution in [3.8, 4) is 17.2 Å². The smallest absolute Gasteiger partial charge is 0.225 e. The Morgan fingerprint density at radius 2 is 2.05 bits per heavy atom. The van der Waals surface area contributed by atoms with Gasteiger partial charge in [-0.2, -0.15) is 0 Å². The van der Waals surface area contributed by atoms with Crippen molar-refractivity contribution in [3.63, 3.8) is 0 Å². The van der Waals surface area contributed by atoms with Gasteiger partial charge in [0.2, 0.25) is 5.89 Å². The summed E-state index contributed by atoms with van der Waals surface area (Å²) in [5.74, 6) is 3.16. The van der Waals surface area contributed by atoms with Gasteiger partial charge in [-0.3, -0.25) is 0 Å². The predicted octanol–water partition coefficient (Wildman–Crippen LogP) is 2.72. The highest BCUT2D eigenvalue weighted by atomic mass is 16.5. The molecule has 1 aromatic heterocycles. The van der Waals surface area contributed by atoms with Gasteiger partial charge in [0.05, 0.1) is 12.3 Å². The Morgan fingerprint density at radius 3 is 2.80 bits per heavy atom. The van der Waals surface area contributed by atoms with Gasteiger partial charge in [0.15, 0.2) is 0 Å². The number of benzene rings is 1. The molecule has 1 N–H and O–H groups in total. The van der Waals surface area contributed by atoms with Crippen molar-refractivity contribution in [2.45, 2.75) is 18.9 Å². The van der Waals surface area contributed by atoms with Gasteiger partial charge in [-0.1, -0.05) is 6.07 Å². The molecule has 0 radical (unpaired) electrons. The Hall–Kier alpha value is -1.81. The lowest BCUT2D eigenvalue weighted by molar-refractivity contribution is 0.199. The van der Waals surface area contributed by atoms with Gasteiger partial charge < -0.3 is 14.5 Å². The van der Waals surface area contributed by atoms with Crippen LogP contribution in [0.4, 0.5) is 0 Å². The molecular formula is C16H18N2O2. The lowest BCUT2D eigenvalue weighted by Crippen LogP contribution is -2.18. The summed E-state index contributed by atoms with van der Waals surface area (Å²) in [5.41, 5.74) is 0.965. The minimum absolute atomic E-state index is 0.354. The normalized spacial score (nSPS) is 28.5. The zero-order chi connectivity index (χ0) is 13.4. The second kappa shape index (κ2) is 4.94. The second-order valence-electron chi connectivity index (χ2n) is 5.75. The minimum Gasteiger partial charge on any atom is -0.490 e. The van der Waals surface area contributed by atoms with Gasteiger partial charge >= 0.3 is 0 Å². The highest BCUT2D eigenvalue weighted by molar-refractivity contribution is 5.55. The SMILES string of the molecule is c1cc(OC2C[C@H]3CNC[C@H]3C2)cc(-c2ncco2)c1. The molecule has 2 fully saturated rings. The number of aromatic nitrogens is 1. The van der Waals surface area contributed by atoms with Crippen LogP contribution in [0.25, 0.3) is 11.5 Å². The van der Waals surface area contributed by atoms with Gasteiger partial charge in [-0.15, -0.1) is 0 Å². The molecule has 20 heavy (non-hydrogen) atoms. The fraction of sp³-hybridized carbons (Fsp3) is 0.438. The first-order valence-corrected chi connectivity index (χ1v) is 7.26. The summed E-state index contributed by atoms with van der Waals surface area (Å²) in [6, 6.07) is 8.01. The number of hydrogen-bond donors (Lipinski definition) is 1. The molecule has 1 unspecified atom stereocenters. The molecule has 1 saturated carbocycles. The summed E-state index contributed by atoms with van der Waals surface area (Å²) in [6.45, 7) is 2.31. The van der Waals surface area contributed by atoms with E-state index in [0.717, 1.165) is 36.2 Å². The fourth-order valence-corrected chi connectivity index (χ4v) is 3.47. The van der Waals surface area contributed by atoms with Gasteiger partial charge in [0.25, 0.3) is 0 Å². The van der Waals surface area contributed by atoms with E-state index in [-0.39, 0.29) is 0 Å². The second-order valence-corrected chi connectivity index (χ2v) is 5.75. The molecule has 2 heterocycles. The molecule has 4 rings (SSSR count). The third kappa shape index (κ3) is 2.20. The number of hydrogen-bond acceptors (Lipinski definition) is 4. The quantitative estimate of drug-likeness (QED) is 0.931. The lowest BCUT2D eigenvalue weighted by atomic mass is 10.0. The summed E-state index contributed by atoms with van der Waals surface area (Å²) in [6.07, 6.45) is 5.94. The van der Waals surface area contributed by atoms with Gasteiger partial charge in [0, 0.05) is 5.56 Å². The van der Waals surface area contributed by atoms with E-state index in [1.165, 1.54) is 12.8 Å². The van der Waals surface area contributed by atoms with Crippen molar-refractivity contribution in [2.75, 3.05) is 13.1 Å². The van der Waals surface area contributed by atoms with Gasteiger partial charge in [-0.25, -0.2) is 4.98 Å². The molecule has 1 aliphatic heterocycles. The highest BCUT2D eigenvalue weighted by Crippen LogP contribution is 2.37. The number of fused-ring (bicyclic) bond motifs is 1. The summed E-state index contributed by atoms with van der Waals surface area (Å²) in [7, 11) is 0. The van der Waals surface area contributed by atoms with E-state index in [2.05, 4.69) is 10.3 Å². The van der Waals surface area contributed by atoms with Crippen LogP contribution in [0.5, 0.6) is 5.75 Å². The van der Waals surface area contributed by atoms with Crippen molar-refractivity contribution in [2.24, 2.45) is 11.8 Å². The molecule has 0 spiro atoms. The van der Waals surface area contributed by atoms with Crippen LogP contribution in [0.15, 0.2) is 41.1 Å². The molecule has 0 amide bonds. The number of nitrogens with zero attached hydrogens (tertiary/aromatic N) is 1. The van der Waals surface area contributed by atoms with Crippen molar-refractivity contribution >= 4 is 0 Å². The molecule has 1 aliphatic carbocycles. The van der Waals surface area contributed by atoms with E-state index in [1.54, 1.807) is 12.5 Å². The van der Waals surface area contributed by atoms with Gasteiger partial charge in [-0.05, 0) is 56.0 Å². The van der Waals surface area contributed by atoms with E-state index in [9.17, 15) is 0 Å². The molecule has 4 nitrogen and oxygen atoms in total. The largest absolute Gasteiger partial charge is 0.490 e. The Kier molecular flexibility index (Phi) is 2.96. The molecule has 1 aromatic carbocycles.